The second-order valence-corrected chi connectivity index (χ2v) is 6.88. The summed E-state index contributed by atoms with van der Waals surface area (Å²) in [5.74, 6) is 1.35. The van der Waals surface area contributed by atoms with Gasteiger partial charge in [0.15, 0.2) is 5.96 Å². The zero-order chi connectivity index (χ0) is 20.2. The van der Waals surface area contributed by atoms with Crippen molar-refractivity contribution in [3.05, 3.63) is 42.5 Å². The van der Waals surface area contributed by atoms with Crippen LogP contribution in [0, 0.1) is 0 Å². The third-order valence-electron chi connectivity index (χ3n) is 4.41. The lowest BCUT2D eigenvalue weighted by Gasteiger charge is -2.24. The Hall–Kier alpha value is -1.81. The van der Waals surface area contributed by atoms with Gasteiger partial charge in [0.25, 0.3) is 0 Å². The number of carbonyl (C=O) groups excluding carboxylic acids is 1. The van der Waals surface area contributed by atoms with E-state index < -0.39 is 0 Å². The van der Waals surface area contributed by atoms with E-state index in [1.54, 1.807) is 25.1 Å². The normalized spacial score (nSPS) is 16.3. The van der Waals surface area contributed by atoms with E-state index in [1.165, 1.54) is 6.42 Å². The van der Waals surface area contributed by atoms with E-state index >= 15 is 0 Å². The van der Waals surface area contributed by atoms with Crippen LogP contribution < -0.4 is 15.4 Å². The number of nitrogens with zero attached hydrogens (tertiary/aromatic N) is 2. The van der Waals surface area contributed by atoms with E-state index in [0.717, 1.165) is 30.8 Å². The Kier molecular flexibility index (Phi) is 12.4. The first-order valence-corrected chi connectivity index (χ1v) is 9.75. The van der Waals surface area contributed by atoms with Crippen molar-refractivity contribution in [3.63, 3.8) is 0 Å². The van der Waals surface area contributed by atoms with Crippen LogP contribution >= 0.6 is 24.0 Å². The third-order valence-corrected chi connectivity index (χ3v) is 4.41. The molecule has 7 nitrogen and oxygen atoms in total. The number of rotatable bonds is 9. The van der Waals surface area contributed by atoms with Gasteiger partial charge < -0.3 is 25.0 Å². The lowest BCUT2D eigenvalue weighted by Crippen LogP contribution is -2.45. The summed E-state index contributed by atoms with van der Waals surface area (Å²) in [6.45, 7) is 6.21. The van der Waals surface area contributed by atoms with E-state index in [2.05, 4.69) is 22.2 Å². The van der Waals surface area contributed by atoms with Gasteiger partial charge in [-0.05, 0) is 25.3 Å². The zero-order valence-corrected chi connectivity index (χ0v) is 19.7. The van der Waals surface area contributed by atoms with Crippen LogP contribution in [0.1, 0.15) is 24.8 Å². The van der Waals surface area contributed by atoms with Crippen LogP contribution in [-0.2, 0) is 16.1 Å². The van der Waals surface area contributed by atoms with Crippen LogP contribution in [0.25, 0.3) is 0 Å². The summed E-state index contributed by atoms with van der Waals surface area (Å²) in [7, 11) is 3.47. The second-order valence-electron chi connectivity index (χ2n) is 6.88. The molecule has 0 bridgehead atoms. The lowest BCUT2D eigenvalue weighted by molar-refractivity contribution is -0.127. The SMILES string of the molecule is C=CCOc1ccccc1CN=C(NCC(=O)N(C)C)NCC1CCCCO1.I. The molecule has 1 aromatic carbocycles. The number of carbonyl (C=O) groups is 1. The number of aliphatic imine (C=N–C) groups is 1. The summed E-state index contributed by atoms with van der Waals surface area (Å²) < 4.78 is 11.5. The average Bonchev–Trinajstić information content (AvgIpc) is 2.72. The number of hydrogen-bond donors (Lipinski definition) is 2. The summed E-state index contributed by atoms with van der Waals surface area (Å²) in [6, 6.07) is 7.78. The molecule has 1 saturated heterocycles. The number of amides is 1. The van der Waals surface area contributed by atoms with E-state index in [4.69, 9.17) is 9.47 Å². The Bertz CT molecular complexity index is 661. The number of halogens is 1. The number of nitrogens with one attached hydrogen (secondary N) is 2. The fourth-order valence-electron chi connectivity index (χ4n) is 2.76. The molecular weight excluding hydrogens is 483 g/mol. The van der Waals surface area contributed by atoms with Crippen molar-refractivity contribution in [2.75, 3.05) is 40.4 Å². The molecule has 0 radical (unpaired) electrons. The van der Waals surface area contributed by atoms with Gasteiger partial charge >= 0.3 is 0 Å². The minimum atomic E-state index is -0.0156. The molecule has 1 aromatic rings. The molecule has 1 fully saturated rings. The smallest absolute Gasteiger partial charge is 0.241 e. The van der Waals surface area contributed by atoms with Gasteiger partial charge in [-0.2, -0.15) is 0 Å². The zero-order valence-electron chi connectivity index (χ0n) is 17.4. The van der Waals surface area contributed by atoms with Crippen LogP contribution in [-0.4, -0.2) is 63.3 Å². The molecule has 0 spiro atoms. The van der Waals surface area contributed by atoms with Crippen LogP contribution in [0.3, 0.4) is 0 Å². The lowest BCUT2D eigenvalue weighted by atomic mass is 10.1. The molecular formula is C21H33IN4O3. The Morgan fingerprint density at radius 3 is 2.83 bits per heavy atom. The number of ether oxygens (including phenoxy) is 2. The molecule has 29 heavy (non-hydrogen) atoms. The Morgan fingerprint density at radius 1 is 1.34 bits per heavy atom. The molecule has 2 N–H and O–H groups in total. The standard InChI is InChI=1S/C21H32N4O3.HI/c1-4-12-28-19-11-6-5-9-17(19)14-22-21(24-16-20(26)25(2)3)23-15-18-10-7-8-13-27-18;/h4-6,9,11,18H,1,7-8,10,12-16H2,2-3H3,(H2,22,23,24);1H. The van der Waals surface area contributed by atoms with E-state index in [1.807, 2.05) is 24.3 Å². The molecule has 1 unspecified atom stereocenters. The van der Waals surface area contributed by atoms with Gasteiger partial charge in [-0.1, -0.05) is 30.9 Å². The Morgan fingerprint density at radius 2 is 2.14 bits per heavy atom. The molecule has 0 aromatic heterocycles. The van der Waals surface area contributed by atoms with Gasteiger partial charge in [-0.25, -0.2) is 4.99 Å². The highest BCUT2D eigenvalue weighted by Crippen LogP contribution is 2.19. The molecule has 1 aliphatic rings. The van der Waals surface area contributed by atoms with Gasteiger partial charge in [-0.3, -0.25) is 4.79 Å². The molecule has 1 aliphatic heterocycles. The number of para-hydroxylation sites is 1. The average molecular weight is 516 g/mol. The third kappa shape index (κ3) is 9.49. The highest BCUT2D eigenvalue weighted by atomic mass is 127. The van der Waals surface area contributed by atoms with Crippen molar-refractivity contribution in [1.82, 2.24) is 15.5 Å². The molecule has 162 valence electrons. The molecule has 0 aliphatic carbocycles. The molecule has 0 saturated carbocycles. The maximum Gasteiger partial charge on any atom is 0.241 e. The number of likely N-dealkylation sites (N-methyl/N-ethyl adjacent to an activating group) is 1. The number of hydrogen-bond acceptors (Lipinski definition) is 4. The number of benzene rings is 1. The summed E-state index contributed by atoms with van der Waals surface area (Å²) in [5.41, 5.74) is 0.971. The Balaban J connectivity index is 0.00000420. The summed E-state index contributed by atoms with van der Waals surface area (Å²) >= 11 is 0. The van der Waals surface area contributed by atoms with Crippen molar-refractivity contribution < 1.29 is 14.3 Å². The minimum Gasteiger partial charge on any atom is -0.489 e. The van der Waals surface area contributed by atoms with Gasteiger partial charge in [-0.15, -0.1) is 24.0 Å². The Labute approximate surface area is 190 Å². The predicted octanol–water partition coefficient (Wildman–Crippen LogP) is 2.56. The fraction of sp³-hybridized carbons (Fsp3) is 0.524. The first kappa shape index (κ1) is 25.2. The first-order valence-electron chi connectivity index (χ1n) is 9.75. The van der Waals surface area contributed by atoms with Crippen molar-refractivity contribution in [2.24, 2.45) is 4.99 Å². The minimum absolute atomic E-state index is 0. The predicted molar refractivity (Wildman–Crippen MR) is 127 cm³/mol. The monoisotopic (exact) mass is 516 g/mol. The van der Waals surface area contributed by atoms with Crippen LogP contribution in [0.15, 0.2) is 41.9 Å². The molecule has 1 amide bonds. The number of guanidine groups is 1. The van der Waals surface area contributed by atoms with Crippen molar-refractivity contribution in [3.8, 4) is 5.75 Å². The van der Waals surface area contributed by atoms with E-state index in [-0.39, 0.29) is 42.5 Å². The molecule has 8 heteroatoms. The van der Waals surface area contributed by atoms with Crippen LogP contribution in [0.5, 0.6) is 5.75 Å². The first-order chi connectivity index (χ1) is 13.6. The summed E-state index contributed by atoms with van der Waals surface area (Å²) in [5, 5.41) is 6.41. The summed E-state index contributed by atoms with van der Waals surface area (Å²) in [6.07, 6.45) is 5.22. The van der Waals surface area contributed by atoms with Gasteiger partial charge in [0.1, 0.15) is 12.4 Å². The molecule has 2 rings (SSSR count). The maximum atomic E-state index is 11.9. The quantitative estimate of drug-likeness (QED) is 0.229. The summed E-state index contributed by atoms with van der Waals surface area (Å²) in [4.78, 5) is 18.1. The van der Waals surface area contributed by atoms with Gasteiger partial charge in [0.2, 0.25) is 5.91 Å². The van der Waals surface area contributed by atoms with Crippen LogP contribution in [0.2, 0.25) is 0 Å². The molecule has 1 heterocycles. The topological polar surface area (TPSA) is 75.2 Å². The van der Waals surface area contributed by atoms with Crippen molar-refractivity contribution >= 4 is 35.8 Å². The highest BCUT2D eigenvalue weighted by molar-refractivity contribution is 14.0. The van der Waals surface area contributed by atoms with E-state index in [0.29, 0.717) is 25.7 Å². The largest absolute Gasteiger partial charge is 0.489 e. The van der Waals surface area contributed by atoms with E-state index in [9.17, 15) is 4.79 Å². The molecule has 1 atom stereocenters. The van der Waals surface area contributed by atoms with Crippen molar-refractivity contribution in [2.45, 2.75) is 31.9 Å². The van der Waals surface area contributed by atoms with Gasteiger partial charge in [0, 0.05) is 32.8 Å². The highest BCUT2D eigenvalue weighted by Gasteiger charge is 2.15. The van der Waals surface area contributed by atoms with Gasteiger partial charge in [0.05, 0.1) is 19.2 Å². The van der Waals surface area contributed by atoms with Crippen molar-refractivity contribution in [1.29, 1.82) is 0 Å². The second kappa shape index (κ2) is 14.2. The maximum absolute atomic E-state index is 11.9. The fourth-order valence-corrected chi connectivity index (χ4v) is 2.76. The van der Waals surface area contributed by atoms with Crippen LogP contribution in [0.4, 0.5) is 0 Å².